The van der Waals surface area contributed by atoms with Crippen LogP contribution in [0.5, 0.6) is 0 Å². The minimum Gasteiger partial charge on any atom is -0.299 e. The van der Waals surface area contributed by atoms with Gasteiger partial charge < -0.3 is 0 Å². The molecular weight excluding hydrogens is 234 g/mol. The van der Waals surface area contributed by atoms with E-state index in [1.54, 1.807) is 6.33 Å². The SMILES string of the molecule is c1ccc(CN2CC[C@H](Cc3cncnc3)C2)cc1. The lowest BCUT2D eigenvalue weighted by Gasteiger charge is -2.16. The van der Waals surface area contributed by atoms with Crippen LogP contribution in [0.1, 0.15) is 17.5 Å². The molecule has 3 nitrogen and oxygen atoms in total. The first-order chi connectivity index (χ1) is 9.40. The van der Waals surface area contributed by atoms with Crippen LogP contribution in [0, 0.1) is 5.92 Å². The zero-order valence-electron chi connectivity index (χ0n) is 11.1. The minimum atomic E-state index is 0.745. The van der Waals surface area contributed by atoms with Crippen LogP contribution in [-0.4, -0.2) is 28.0 Å². The van der Waals surface area contributed by atoms with Crippen LogP contribution in [0.3, 0.4) is 0 Å². The first kappa shape index (κ1) is 12.3. The van der Waals surface area contributed by atoms with Gasteiger partial charge in [-0.1, -0.05) is 30.3 Å². The van der Waals surface area contributed by atoms with Gasteiger partial charge in [0.15, 0.2) is 0 Å². The third-order valence-electron chi connectivity index (χ3n) is 3.76. The van der Waals surface area contributed by atoms with E-state index in [0.717, 1.165) is 18.9 Å². The summed E-state index contributed by atoms with van der Waals surface area (Å²) in [5, 5.41) is 0. The van der Waals surface area contributed by atoms with Crippen LogP contribution in [-0.2, 0) is 13.0 Å². The molecular formula is C16H19N3. The Morgan fingerprint density at radius 3 is 2.63 bits per heavy atom. The molecule has 0 aliphatic carbocycles. The molecule has 3 rings (SSSR count). The van der Waals surface area contributed by atoms with Gasteiger partial charge in [-0.05, 0) is 36.4 Å². The van der Waals surface area contributed by atoms with Crippen molar-refractivity contribution in [3.8, 4) is 0 Å². The maximum absolute atomic E-state index is 4.09. The molecule has 0 bridgehead atoms. The molecule has 0 radical (unpaired) electrons. The molecule has 1 aliphatic rings. The molecule has 2 aromatic rings. The minimum absolute atomic E-state index is 0.745. The molecule has 19 heavy (non-hydrogen) atoms. The van der Waals surface area contributed by atoms with Gasteiger partial charge in [-0.2, -0.15) is 0 Å². The quantitative estimate of drug-likeness (QED) is 0.838. The monoisotopic (exact) mass is 253 g/mol. The Labute approximate surface area is 114 Å². The molecule has 0 saturated carbocycles. The van der Waals surface area contributed by atoms with Crippen molar-refractivity contribution >= 4 is 0 Å². The van der Waals surface area contributed by atoms with E-state index < -0.39 is 0 Å². The van der Waals surface area contributed by atoms with Gasteiger partial charge in [-0.25, -0.2) is 9.97 Å². The smallest absolute Gasteiger partial charge is 0.115 e. The number of hydrogen-bond donors (Lipinski definition) is 0. The molecule has 1 atom stereocenters. The van der Waals surface area contributed by atoms with E-state index in [1.807, 2.05) is 12.4 Å². The van der Waals surface area contributed by atoms with Crippen LogP contribution in [0.4, 0.5) is 0 Å². The highest BCUT2D eigenvalue weighted by Crippen LogP contribution is 2.21. The highest BCUT2D eigenvalue weighted by molar-refractivity contribution is 5.14. The molecule has 1 aliphatic heterocycles. The molecule has 0 amide bonds. The first-order valence-corrected chi connectivity index (χ1v) is 6.90. The molecule has 1 aromatic carbocycles. The molecule has 98 valence electrons. The third-order valence-corrected chi connectivity index (χ3v) is 3.76. The lowest BCUT2D eigenvalue weighted by molar-refractivity contribution is 0.316. The fourth-order valence-corrected chi connectivity index (χ4v) is 2.83. The molecule has 3 heteroatoms. The van der Waals surface area contributed by atoms with E-state index in [2.05, 4.69) is 45.2 Å². The molecule has 1 aromatic heterocycles. The van der Waals surface area contributed by atoms with Gasteiger partial charge >= 0.3 is 0 Å². The standard InChI is InChI=1S/C16H19N3/c1-2-4-14(5-3-1)11-19-7-6-15(12-19)8-16-9-17-13-18-10-16/h1-5,9-10,13,15H,6-8,11-12H2/t15-/m1/s1. The Morgan fingerprint density at radius 1 is 1.05 bits per heavy atom. The Bertz CT molecular complexity index is 450. The van der Waals surface area contributed by atoms with Gasteiger partial charge in [0.2, 0.25) is 0 Å². The normalized spacial score (nSPS) is 19.7. The van der Waals surface area contributed by atoms with E-state index >= 15 is 0 Å². The number of hydrogen-bond acceptors (Lipinski definition) is 3. The number of benzene rings is 1. The van der Waals surface area contributed by atoms with Crippen molar-refractivity contribution in [3.63, 3.8) is 0 Å². The summed E-state index contributed by atoms with van der Waals surface area (Å²) in [6.07, 6.45) is 7.85. The topological polar surface area (TPSA) is 29.0 Å². The lowest BCUT2D eigenvalue weighted by Crippen LogP contribution is -2.20. The summed E-state index contributed by atoms with van der Waals surface area (Å²) in [7, 11) is 0. The Morgan fingerprint density at radius 2 is 1.84 bits per heavy atom. The molecule has 0 unspecified atom stereocenters. The van der Waals surface area contributed by atoms with Crippen molar-refractivity contribution in [3.05, 3.63) is 60.2 Å². The van der Waals surface area contributed by atoms with Gasteiger partial charge in [0.25, 0.3) is 0 Å². The van der Waals surface area contributed by atoms with Crippen molar-refractivity contribution in [2.45, 2.75) is 19.4 Å². The van der Waals surface area contributed by atoms with E-state index in [4.69, 9.17) is 0 Å². The zero-order chi connectivity index (χ0) is 12.9. The van der Waals surface area contributed by atoms with Crippen LogP contribution < -0.4 is 0 Å². The summed E-state index contributed by atoms with van der Waals surface area (Å²) in [4.78, 5) is 10.7. The second-order valence-electron chi connectivity index (χ2n) is 5.33. The van der Waals surface area contributed by atoms with Crippen LogP contribution in [0.15, 0.2) is 49.1 Å². The summed E-state index contributed by atoms with van der Waals surface area (Å²) in [5.41, 5.74) is 2.67. The number of aromatic nitrogens is 2. The fraction of sp³-hybridized carbons (Fsp3) is 0.375. The second kappa shape index (κ2) is 5.93. The first-order valence-electron chi connectivity index (χ1n) is 6.90. The summed E-state index contributed by atoms with van der Waals surface area (Å²) >= 11 is 0. The van der Waals surface area contributed by atoms with Crippen LogP contribution in [0.25, 0.3) is 0 Å². The van der Waals surface area contributed by atoms with E-state index in [1.165, 1.54) is 30.6 Å². The molecule has 2 heterocycles. The van der Waals surface area contributed by atoms with Crippen molar-refractivity contribution in [2.24, 2.45) is 5.92 Å². The maximum atomic E-state index is 4.09. The average Bonchev–Trinajstić information content (AvgIpc) is 2.88. The number of rotatable bonds is 4. The predicted molar refractivity (Wildman–Crippen MR) is 75.6 cm³/mol. The summed E-state index contributed by atoms with van der Waals surface area (Å²) < 4.78 is 0. The molecule has 1 fully saturated rings. The number of nitrogens with zero attached hydrogens (tertiary/aromatic N) is 3. The lowest BCUT2D eigenvalue weighted by atomic mass is 10.0. The highest BCUT2D eigenvalue weighted by Gasteiger charge is 2.22. The van der Waals surface area contributed by atoms with Crippen LogP contribution in [0.2, 0.25) is 0 Å². The predicted octanol–water partition coefficient (Wildman–Crippen LogP) is 2.54. The van der Waals surface area contributed by atoms with Gasteiger partial charge in [0.05, 0.1) is 0 Å². The Balaban J connectivity index is 1.53. The summed E-state index contributed by atoms with van der Waals surface area (Å²) in [6, 6.07) is 10.7. The van der Waals surface area contributed by atoms with Gasteiger partial charge in [-0.15, -0.1) is 0 Å². The van der Waals surface area contributed by atoms with Crippen molar-refractivity contribution in [1.82, 2.24) is 14.9 Å². The molecule has 1 saturated heterocycles. The largest absolute Gasteiger partial charge is 0.299 e. The third kappa shape index (κ3) is 3.38. The van der Waals surface area contributed by atoms with Crippen molar-refractivity contribution < 1.29 is 0 Å². The zero-order valence-corrected chi connectivity index (χ0v) is 11.1. The van der Waals surface area contributed by atoms with Crippen molar-refractivity contribution in [2.75, 3.05) is 13.1 Å². The fourth-order valence-electron chi connectivity index (χ4n) is 2.83. The van der Waals surface area contributed by atoms with Gasteiger partial charge in [0, 0.05) is 25.5 Å². The van der Waals surface area contributed by atoms with Gasteiger partial charge in [0.1, 0.15) is 6.33 Å². The summed E-state index contributed by atoms with van der Waals surface area (Å²) in [6.45, 7) is 3.46. The summed E-state index contributed by atoms with van der Waals surface area (Å²) in [5.74, 6) is 0.745. The van der Waals surface area contributed by atoms with Crippen molar-refractivity contribution in [1.29, 1.82) is 0 Å². The van der Waals surface area contributed by atoms with Crippen LogP contribution >= 0.6 is 0 Å². The van der Waals surface area contributed by atoms with E-state index in [0.29, 0.717) is 0 Å². The average molecular weight is 253 g/mol. The molecule has 0 N–H and O–H groups in total. The van der Waals surface area contributed by atoms with Gasteiger partial charge in [-0.3, -0.25) is 4.90 Å². The Hall–Kier alpha value is -1.74. The molecule has 0 spiro atoms. The second-order valence-corrected chi connectivity index (χ2v) is 5.33. The van der Waals surface area contributed by atoms with E-state index in [9.17, 15) is 0 Å². The maximum Gasteiger partial charge on any atom is 0.115 e. The van der Waals surface area contributed by atoms with E-state index in [-0.39, 0.29) is 0 Å². The number of likely N-dealkylation sites (tertiary alicyclic amines) is 1. The Kier molecular flexibility index (Phi) is 3.84. The highest BCUT2D eigenvalue weighted by atomic mass is 15.1.